The van der Waals surface area contributed by atoms with Crippen LogP contribution in [0.2, 0.25) is 0 Å². The van der Waals surface area contributed by atoms with Crippen molar-refractivity contribution in [2.45, 2.75) is 45.3 Å². The number of aromatic nitrogens is 5. The molecule has 1 aromatic carbocycles. The number of aryl methyl sites for hydroxylation is 2. The molecule has 1 saturated heterocycles. The highest BCUT2D eigenvalue weighted by atomic mass is 19.4. The molecule has 35 heavy (non-hydrogen) atoms. The molecule has 10 heteroatoms. The Bertz CT molecular complexity index is 1190. The Balaban J connectivity index is 1.19. The summed E-state index contributed by atoms with van der Waals surface area (Å²) in [7, 11) is 0. The lowest BCUT2D eigenvalue weighted by Crippen LogP contribution is -2.43. The van der Waals surface area contributed by atoms with E-state index in [-0.39, 0.29) is 0 Å². The van der Waals surface area contributed by atoms with Gasteiger partial charge in [0.2, 0.25) is 5.95 Å². The molecule has 1 aliphatic carbocycles. The zero-order valence-corrected chi connectivity index (χ0v) is 19.6. The Morgan fingerprint density at radius 1 is 1.00 bits per heavy atom. The van der Waals surface area contributed by atoms with Crippen molar-refractivity contribution in [3.63, 3.8) is 0 Å². The first-order valence-electron chi connectivity index (χ1n) is 12.3. The van der Waals surface area contributed by atoms with Crippen molar-refractivity contribution in [2.75, 3.05) is 29.4 Å². The first-order chi connectivity index (χ1) is 16.8. The van der Waals surface area contributed by atoms with Gasteiger partial charge in [-0.15, -0.1) is 0 Å². The van der Waals surface area contributed by atoms with Crippen LogP contribution in [0.4, 0.5) is 30.6 Å². The van der Waals surface area contributed by atoms with E-state index in [4.69, 9.17) is 10.1 Å². The average molecular weight is 484 g/mol. The Labute approximate surface area is 202 Å². The minimum absolute atomic E-state index is 0.540. The van der Waals surface area contributed by atoms with Gasteiger partial charge in [-0.05, 0) is 68.2 Å². The van der Waals surface area contributed by atoms with Crippen molar-refractivity contribution in [2.24, 2.45) is 17.8 Å². The fraction of sp³-hybridized carbons (Fsp3) is 0.520. The minimum Gasteiger partial charge on any atom is -0.356 e. The summed E-state index contributed by atoms with van der Waals surface area (Å²) >= 11 is 0. The number of halogens is 3. The number of benzene rings is 1. The molecule has 2 bridgehead atoms. The third-order valence-corrected chi connectivity index (χ3v) is 7.76. The van der Waals surface area contributed by atoms with Crippen molar-refractivity contribution in [3.05, 3.63) is 53.7 Å². The Morgan fingerprint density at radius 3 is 2.43 bits per heavy atom. The largest absolute Gasteiger partial charge is 0.416 e. The number of alkyl halides is 3. The summed E-state index contributed by atoms with van der Waals surface area (Å²) in [6.45, 7) is 5.46. The molecular weight excluding hydrogens is 455 g/mol. The molecule has 0 radical (unpaired) electrons. The second kappa shape index (κ2) is 8.49. The standard InChI is InChI=1S/C25H28F3N7/c1-16-11-23(30-15-29-16)33-13-17-3-4-18(14-33)21(17)12-22-31-24-34(9-2-10-35(24)32-22)20-7-5-19(6-8-20)25(26,27)28/h5-8,11,15,17-18,21H,2-4,9-10,12-14H2,1H3/t17-,18+,21?. The summed E-state index contributed by atoms with van der Waals surface area (Å²) in [6, 6.07) is 7.38. The van der Waals surface area contributed by atoms with Crippen LogP contribution in [0.3, 0.4) is 0 Å². The van der Waals surface area contributed by atoms with Gasteiger partial charge in [0, 0.05) is 50.0 Å². The van der Waals surface area contributed by atoms with Gasteiger partial charge in [0.05, 0.1) is 5.56 Å². The van der Waals surface area contributed by atoms with Crippen molar-refractivity contribution in [1.29, 1.82) is 0 Å². The summed E-state index contributed by atoms with van der Waals surface area (Å²) in [6.07, 6.45) is 1.43. The topological polar surface area (TPSA) is 63.0 Å². The summed E-state index contributed by atoms with van der Waals surface area (Å²) < 4.78 is 40.9. The van der Waals surface area contributed by atoms with Crippen LogP contribution in [-0.4, -0.2) is 44.4 Å². The van der Waals surface area contributed by atoms with E-state index in [0.717, 1.165) is 67.9 Å². The van der Waals surface area contributed by atoms with Crippen LogP contribution >= 0.6 is 0 Å². The van der Waals surface area contributed by atoms with E-state index in [9.17, 15) is 13.2 Å². The molecule has 1 unspecified atom stereocenters. The molecule has 0 N–H and O–H groups in total. The third kappa shape index (κ3) is 4.23. The van der Waals surface area contributed by atoms with Crippen molar-refractivity contribution < 1.29 is 13.2 Å². The van der Waals surface area contributed by atoms with Gasteiger partial charge in [0.15, 0.2) is 5.82 Å². The van der Waals surface area contributed by atoms with E-state index in [1.54, 1.807) is 6.33 Å². The number of rotatable bonds is 4. The number of anilines is 3. The molecule has 3 aliphatic rings. The number of piperidine rings is 1. The Kier molecular flexibility index (Phi) is 5.41. The lowest BCUT2D eigenvalue weighted by molar-refractivity contribution is -0.137. The number of fused-ring (bicyclic) bond motifs is 3. The van der Waals surface area contributed by atoms with Crippen LogP contribution in [-0.2, 0) is 19.1 Å². The molecule has 7 nitrogen and oxygen atoms in total. The number of nitrogens with zero attached hydrogens (tertiary/aromatic N) is 7. The van der Waals surface area contributed by atoms with E-state index in [2.05, 4.69) is 20.9 Å². The third-order valence-electron chi connectivity index (χ3n) is 7.76. The fourth-order valence-electron chi connectivity index (χ4n) is 6.05. The van der Waals surface area contributed by atoms with Gasteiger partial charge >= 0.3 is 6.18 Å². The highest BCUT2D eigenvalue weighted by Gasteiger charge is 2.43. The first-order valence-corrected chi connectivity index (χ1v) is 12.3. The van der Waals surface area contributed by atoms with Crippen molar-refractivity contribution >= 4 is 17.5 Å². The van der Waals surface area contributed by atoms with Crippen LogP contribution in [0.1, 0.15) is 36.3 Å². The lowest BCUT2D eigenvalue weighted by Gasteiger charge is -2.38. The number of hydrogen-bond acceptors (Lipinski definition) is 6. The summed E-state index contributed by atoms with van der Waals surface area (Å²) in [5.41, 5.74) is 1.06. The van der Waals surface area contributed by atoms with Gasteiger partial charge in [0.25, 0.3) is 0 Å². The van der Waals surface area contributed by atoms with E-state index >= 15 is 0 Å². The van der Waals surface area contributed by atoms with Gasteiger partial charge in [-0.1, -0.05) is 0 Å². The maximum atomic E-state index is 13.0. The van der Waals surface area contributed by atoms with Crippen LogP contribution in [0.15, 0.2) is 36.7 Å². The quantitative estimate of drug-likeness (QED) is 0.539. The van der Waals surface area contributed by atoms with Gasteiger partial charge in [-0.2, -0.15) is 23.3 Å². The molecular formula is C25H28F3N7. The smallest absolute Gasteiger partial charge is 0.356 e. The van der Waals surface area contributed by atoms with E-state index in [0.29, 0.717) is 30.0 Å². The molecule has 1 saturated carbocycles. The Morgan fingerprint density at radius 2 is 1.74 bits per heavy atom. The maximum Gasteiger partial charge on any atom is 0.416 e. The minimum atomic E-state index is -4.34. The van der Waals surface area contributed by atoms with Gasteiger partial charge in [0.1, 0.15) is 12.1 Å². The highest BCUT2D eigenvalue weighted by Crippen LogP contribution is 2.44. The second-order valence-corrected chi connectivity index (χ2v) is 9.99. The zero-order valence-electron chi connectivity index (χ0n) is 19.6. The molecule has 6 rings (SSSR count). The fourth-order valence-corrected chi connectivity index (χ4v) is 6.05. The van der Waals surface area contributed by atoms with E-state index in [1.165, 1.54) is 25.0 Å². The summed E-state index contributed by atoms with van der Waals surface area (Å²) in [4.78, 5) is 18.0. The average Bonchev–Trinajstić information content (AvgIpc) is 3.34. The molecule has 3 aromatic rings. The van der Waals surface area contributed by atoms with Gasteiger partial charge in [-0.3, -0.25) is 0 Å². The molecule has 4 heterocycles. The molecule has 0 amide bonds. The van der Waals surface area contributed by atoms with Crippen LogP contribution in [0, 0.1) is 24.7 Å². The van der Waals surface area contributed by atoms with Crippen LogP contribution in [0.25, 0.3) is 0 Å². The SMILES string of the molecule is Cc1cc(N2C[C@H]3CC[C@@H](C2)C3Cc2nc3n(n2)CCCN3c2ccc(C(F)(F)F)cc2)ncn1. The van der Waals surface area contributed by atoms with Crippen molar-refractivity contribution in [1.82, 2.24) is 24.7 Å². The maximum absolute atomic E-state index is 13.0. The monoisotopic (exact) mass is 483 g/mol. The molecule has 0 spiro atoms. The van der Waals surface area contributed by atoms with Gasteiger partial charge in [-0.25, -0.2) is 14.6 Å². The normalized spacial score (nSPS) is 24.1. The Hall–Kier alpha value is -3.17. The molecule has 2 aliphatic heterocycles. The zero-order chi connectivity index (χ0) is 24.2. The van der Waals surface area contributed by atoms with E-state index < -0.39 is 11.7 Å². The molecule has 2 aromatic heterocycles. The molecule has 2 fully saturated rings. The highest BCUT2D eigenvalue weighted by molar-refractivity contribution is 5.58. The van der Waals surface area contributed by atoms with Crippen molar-refractivity contribution in [3.8, 4) is 0 Å². The van der Waals surface area contributed by atoms with Crippen LogP contribution in [0.5, 0.6) is 0 Å². The summed E-state index contributed by atoms with van der Waals surface area (Å²) in [5, 5.41) is 4.81. The first kappa shape index (κ1) is 22.3. The van der Waals surface area contributed by atoms with Crippen LogP contribution < -0.4 is 9.80 Å². The lowest BCUT2D eigenvalue weighted by atomic mass is 9.82. The van der Waals surface area contributed by atoms with E-state index in [1.807, 2.05) is 16.5 Å². The number of hydrogen-bond donors (Lipinski definition) is 0. The predicted molar refractivity (Wildman–Crippen MR) is 125 cm³/mol. The predicted octanol–water partition coefficient (Wildman–Crippen LogP) is 4.64. The second-order valence-electron chi connectivity index (χ2n) is 9.99. The molecule has 184 valence electrons. The van der Waals surface area contributed by atoms with Gasteiger partial charge < -0.3 is 9.80 Å². The summed E-state index contributed by atoms with van der Waals surface area (Å²) in [5.74, 6) is 4.28. The molecule has 3 atom stereocenters.